The van der Waals surface area contributed by atoms with Crippen molar-refractivity contribution in [3.8, 4) is 0 Å². The quantitative estimate of drug-likeness (QED) is 0.594. The van der Waals surface area contributed by atoms with Crippen LogP contribution in [-0.4, -0.2) is 69.0 Å². The highest BCUT2D eigenvalue weighted by atomic mass is 32.2. The van der Waals surface area contributed by atoms with Crippen molar-refractivity contribution in [2.45, 2.75) is 6.92 Å². The Morgan fingerprint density at radius 2 is 1.88 bits per heavy atom. The molecule has 7 nitrogen and oxygen atoms in total. The predicted molar refractivity (Wildman–Crippen MR) is 61.7 cm³/mol. The van der Waals surface area contributed by atoms with E-state index in [9.17, 15) is 18.0 Å². The predicted octanol–water partition coefficient (Wildman–Crippen LogP) is -1.77. The van der Waals surface area contributed by atoms with Gasteiger partial charge in [0.2, 0.25) is 22.3 Å². The summed E-state index contributed by atoms with van der Waals surface area (Å²) in [6, 6.07) is 0. The zero-order chi connectivity index (χ0) is 12.9. The van der Waals surface area contributed by atoms with Gasteiger partial charge in [0.25, 0.3) is 0 Å². The number of carbonyl (C=O) groups is 2. The van der Waals surface area contributed by atoms with E-state index in [0.29, 0.717) is 26.2 Å². The summed E-state index contributed by atoms with van der Waals surface area (Å²) in [4.78, 5) is 25.2. The van der Waals surface area contributed by atoms with Gasteiger partial charge in [0, 0.05) is 26.2 Å². The van der Waals surface area contributed by atoms with Crippen molar-refractivity contribution in [1.82, 2.24) is 14.5 Å². The summed E-state index contributed by atoms with van der Waals surface area (Å²) in [7, 11) is -3.33. The molecule has 1 heterocycles. The van der Waals surface area contributed by atoms with Crippen molar-refractivity contribution < 1.29 is 18.0 Å². The van der Waals surface area contributed by atoms with E-state index < -0.39 is 10.0 Å². The minimum Gasteiger partial charge on any atom is -0.342 e. The Balaban J connectivity index is 2.37. The van der Waals surface area contributed by atoms with Gasteiger partial charge in [-0.25, -0.2) is 13.1 Å². The number of sulfonamides is 1. The largest absolute Gasteiger partial charge is 0.342 e. The molecule has 1 aliphatic rings. The summed E-state index contributed by atoms with van der Waals surface area (Å²) >= 11 is 0. The minimum atomic E-state index is -3.33. The van der Waals surface area contributed by atoms with E-state index in [0.717, 1.165) is 6.41 Å². The zero-order valence-electron chi connectivity index (χ0n) is 9.76. The van der Waals surface area contributed by atoms with Crippen molar-refractivity contribution >= 4 is 22.3 Å². The number of hydrogen-bond acceptors (Lipinski definition) is 4. The van der Waals surface area contributed by atoms with Gasteiger partial charge >= 0.3 is 0 Å². The number of piperazine rings is 1. The van der Waals surface area contributed by atoms with Crippen molar-refractivity contribution in [2.75, 3.05) is 38.5 Å². The summed E-state index contributed by atoms with van der Waals surface area (Å²) < 4.78 is 24.5. The van der Waals surface area contributed by atoms with Gasteiger partial charge < -0.3 is 9.80 Å². The van der Waals surface area contributed by atoms with Crippen molar-refractivity contribution in [3.63, 3.8) is 0 Å². The lowest BCUT2D eigenvalue weighted by Crippen LogP contribution is -2.50. The molecular weight excluding hydrogens is 246 g/mol. The van der Waals surface area contributed by atoms with Crippen LogP contribution < -0.4 is 4.72 Å². The third-order valence-electron chi connectivity index (χ3n) is 2.64. The molecule has 0 bridgehead atoms. The van der Waals surface area contributed by atoms with E-state index >= 15 is 0 Å². The molecule has 0 aromatic heterocycles. The lowest BCUT2D eigenvalue weighted by Gasteiger charge is -2.32. The van der Waals surface area contributed by atoms with Gasteiger partial charge in [0.1, 0.15) is 0 Å². The highest BCUT2D eigenvalue weighted by Crippen LogP contribution is 1.99. The molecule has 0 atom stereocenters. The first kappa shape index (κ1) is 13.9. The topological polar surface area (TPSA) is 86.8 Å². The Hall–Kier alpha value is -1.15. The zero-order valence-corrected chi connectivity index (χ0v) is 10.6. The molecule has 0 radical (unpaired) electrons. The van der Waals surface area contributed by atoms with Crippen LogP contribution >= 0.6 is 0 Å². The first-order valence-corrected chi connectivity index (χ1v) is 7.08. The minimum absolute atomic E-state index is 0.0425. The number of rotatable bonds is 5. The van der Waals surface area contributed by atoms with E-state index in [1.807, 2.05) is 0 Å². The molecule has 17 heavy (non-hydrogen) atoms. The highest BCUT2D eigenvalue weighted by Gasteiger charge is 2.20. The second-order valence-corrected chi connectivity index (χ2v) is 5.84. The first-order chi connectivity index (χ1) is 7.98. The molecule has 1 rings (SSSR count). The van der Waals surface area contributed by atoms with Crippen LogP contribution in [-0.2, 0) is 19.6 Å². The molecule has 0 aliphatic carbocycles. The molecule has 1 N–H and O–H groups in total. The third kappa shape index (κ3) is 4.31. The van der Waals surface area contributed by atoms with Crippen molar-refractivity contribution in [2.24, 2.45) is 0 Å². The lowest BCUT2D eigenvalue weighted by atomic mass is 10.3. The molecule has 1 saturated heterocycles. The number of hydrogen-bond donors (Lipinski definition) is 1. The summed E-state index contributed by atoms with van der Waals surface area (Å²) in [5.74, 6) is -0.299. The van der Waals surface area contributed by atoms with Crippen LogP contribution in [0.3, 0.4) is 0 Å². The highest BCUT2D eigenvalue weighted by molar-refractivity contribution is 7.89. The number of amides is 2. The van der Waals surface area contributed by atoms with E-state index in [1.54, 1.807) is 9.80 Å². The average molecular weight is 263 g/mol. The maximum absolute atomic E-state index is 11.6. The Morgan fingerprint density at radius 1 is 1.29 bits per heavy atom. The van der Waals surface area contributed by atoms with Crippen molar-refractivity contribution in [1.29, 1.82) is 0 Å². The van der Waals surface area contributed by atoms with Crippen LogP contribution in [0.5, 0.6) is 0 Å². The lowest BCUT2D eigenvalue weighted by molar-refractivity contribution is -0.134. The summed E-state index contributed by atoms with van der Waals surface area (Å²) in [6.07, 6.45) is 0.752. The molecule has 1 fully saturated rings. The molecule has 2 amide bonds. The van der Waals surface area contributed by atoms with Crippen LogP contribution in [0.2, 0.25) is 0 Å². The fourth-order valence-electron chi connectivity index (χ4n) is 1.46. The smallest absolute Gasteiger partial charge is 0.237 e. The summed E-state index contributed by atoms with van der Waals surface area (Å²) in [5.41, 5.74) is 0. The van der Waals surface area contributed by atoms with Crippen LogP contribution in [0.4, 0.5) is 0 Å². The Kier molecular flexibility index (Phi) is 4.88. The van der Waals surface area contributed by atoms with Gasteiger partial charge in [-0.15, -0.1) is 0 Å². The normalized spacial score (nSPS) is 17.0. The number of carbonyl (C=O) groups excluding carboxylic acids is 2. The van der Waals surface area contributed by atoms with Crippen LogP contribution in [0.15, 0.2) is 0 Å². The van der Waals surface area contributed by atoms with Gasteiger partial charge in [-0.3, -0.25) is 9.59 Å². The molecule has 8 heteroatoms. The average Bonchev–Trinajstić information content (AvgIpc) is 2.36. The monoisotopic (exact) mass is 263 g/mol. The molecule has 0 spiro atoms. The molecule has 1 aliphatic heterocycles. The van der Waals surface area contributed by atoms with E-state index in [1.165, 1.54) is 6.92 Å². The fourth-order valence-corrected chi connectivity index (χ4v) is 2.01. The molecular formula is C9H17N3O4S. The van der Waals surface area contributed by atoms with Gasteiger partial charge in [-0.1, -0.05) is 0 Å². The van der Waals surface area contributed by atoms with Crippen LogP contribution in [0.1, 0.15) is 6.92 Å². The van der Waals surface area contributed by atoms with E-state index in [-0.39, 0.29) is 18.2 Å². The molecule has 0 saturated carbocycles. The molecule has 0 aromatic carbocycles. The number of nitrogens with one attached hydrogen (secondary N) is 1. The van der Waals surface area contributed by atoms with Crippen molar-refractivity contribution in [3.05, 3.63) is 0 Å². The molecule has 98 valence electrons. The molecule has 0 aromatic rings. The maximum Gasteiger partial charge on any atom is 0.237 e. The van der Waals surface area contributed by atoms with Gasteiger partial charge in [0.05, 0.1) is 12.3 Å². The Morgan fingerprint density at radius 3 is 2.35 bits per heavy atom. The van der Waals surface area contributed by atoms with E-state index in [2.05, 4.69) is 4.72 Å². The molecule has 0 unspecified atom stereocenters. The standard InChI is InChI=1S/C9H17N3O4S/c1-2-17(15,16)10-7-9(14)12-5-3-11(8-13)4-6-12/h8,10H,2-7H2,1H3. The van der Waals surface area contributed by atoms with E-state index in [4.69, 9.17) is 0 Å². The Bertz CT molecular complexity index is 374. The Labute approximate surface area is 101 Å². The summed E-state index contributed by atoms with van der Waals surface area (Å²) in [5, 5.41) is 0. The third-order valence-corrected chi connectivity index (χ3v) is 3.98. The maximum atomic E-state index is 11.6. The van der Waals surface area contributed by atoms with Crippen LogP contribution in [0.25, 0.3) is 0 Å². The second-order valence-electron chi connectivity index (χ2n) is 3.75. The summed E-state index contributed by atoms with van der Waals surface area (Å²) in [6.45, 7) is 3.19. The fraction of sp³-hybridized carbons (Fsp3) is 0.778. The van der Waals surface area contributed by atoms with Gasteiger partial charge in [-0.05, 0) is 6.92 Å². The van der Waals surface area contributed by atoms with Crippen LogP contribution in [0, 0.1) is 0 Å². The second kappa shape index (κ2) is 5.97. The number of nitrogens with zero attached hydrogens (tertiary/aromatic N) is 2. The van der Waals surface area contributed by atoms with Gasteiger partial charge in [-0.2, -0.15) is 0 Å². The first-order valence-electron chi connectivity index (χ1n) is 5.43. The van der Waals surface area contributed by atoms with Gasteiger partial charge in [0.15, 0.2) is 0 Å². The SMILES string of the molecule is CCS(=O)(=O)NCC(=O)N1CCN(C=O)CC1.